The number of hydrogen-bond donors (Lipinski definition) is 0. The van der Waals surface area contributed by atoms with Crippen LogP contribution in [0.1, 0.15) is 32.4 Å². The van der Waals surface area contributed by atoms with E-state index in [2.05, 4.69) is 6.92 Å². The van der Waals surface area contributed by atoms with Gasteiger partial charge in [-0.25, -0.2) is 8.42 Å². The molecule has 0 saturated carbocycles. The molecule has 1 aliphatic rings. The first-order valence-corrected chi connectivity index (χ1v) is 8.56. The van der Waals surface area contributed by atoms with Gasteiger partial charge in [-0.3, -0.25) is 0 Å². The Bertz CT molecular complexity index is 553. The first-order chi connectivity index (χ1) is 8.86. The van der Waals surface area contributed by atoms with Crippen molar-refractivity contribution in [2.24, 2.45) is 13.0 Å². The Kier molecular flexibility index (Phi) is 4.28. The Hall–Kier alpha value is -0.520. The lowest BCUT2D eigenvalue weighted by molar-refractivity contribution is 0.218. The molecule has 0 amide bonds. The predicted octanol–water partition coefficient (Wildman–Crippen LogP) is 2.57. The Balaban J connectivity index is 2.35. The third kappa shape index (κ3) is 2.83. The summed E-state index contributed by atoms with van der Waals surface area (Å²) in [5, 5.41) is 0. The molecule has 108 valence electrons. The van der Waals surface area contributed by atoms with Crippen molar-refractivity contribution in [1.29, 1.82) is 0 Å². The molecule has 0 bridgehead atoms. The summed E-state index contributed by atoms with van der Waals surface area (Å²) < 4.78 is 28.8. The maximum Gasteiger partial charge on any atom is 0.244 e. The highest BCUT2D eigenvalue weighted by Gasteiger charge is 2.34. The number of halogens is 1. The normalized spacial score (nSPS) is 25.7. The lowest BCUT2D eigenvalue weighted by atomic mass is 9.97. The lowest BCUT2D eigenvalue weighted by Crippen LogP contribution is -2.44. The van der Waals surface area contributed by atoms with Gasteiger partial charge in [0.15, 0.2) is 0 Å². The Morgan fingerprint density at radius 3 is 2.63 bits per heavy atom. The molecule has 2 rings (SSSR count). The van der Waals surface area contributed by atoms with Crippen LogP contribution in [-0.4, -0.2) is 29.9 Å². The van der Waals surface area contributed by atoms with Gasteiger partial charge in [-0.2, -0.15) is 4.31 Å². The fraction of sp³-hybridized carbons (Fsp3) is 0.692. The highest BCUT2D eigenvalue weighted by molar-refractivity contribution is 7.89. The third-order valence-corrected chi connectivity index (χ3v) is 6.11. The van der Waals surface area contributed by atoms with E-state index in [-0.39, 0.29) is 6.04 Å². The maximum absolute atomic E-state index is 12.7. The van der Waals surface area contributed by atoms with Crippen molar-refractivity contribution < 1.29 is 8.42 Å². The van der Waals surface area contributed by atoms with Crippen LogP contribution >= 0.6 is 11.6 Å². The molecule has 6 heteroatoms. The number of piperidine rings is 1. The standard InChI is InChI=1S/C13H21ClN2O2S/c1-10-4-5-11(2)16(8-10)19(17,18)13-6-12(7-14)15(3)9-13/h6,9-11H,4-5,7-8H2,1-3H3. The average Bonchev–Trinajstić information content (AvgIpc) is 2.74. The van der Waals surface area contributed by atoms with Gasteiger partial charge in [0.25, 0.3) is 0 Å². The van der Waals surface area contributed by atoms with E-state index >= 15 is 0 Å². The summed E-state index contributed by atoms with van der Waals surface area (Å²) in [5.74, 6) is 0.736. The van der Waals surface area contributed by atoms with E-state index in [4.69, 9.17) is 11.6 Å². The summed E-state index contributed by atoms with van der Waals surface area (Å²) in [7, 11) is -1.58. The van der Waals surface area contributed by atoms with Crippen molar-refractivity contribution in [3.05, 3.63) is 18.0 Å². The SMILES string of the molecule is CC1CCC(C)N(S(=O)(=O)c2cc(CCl)n(C)c2)C1. The van der Waals surface area contributed by atoms with Gasteiger partial charge in [-0.05, 0) is 31.7 Å². The second kappa shape index (κ2) is 5.46. The Morgan fingerprint density at radius 2 is 2.05 bits per heavy atom. The summed E-state index contributed by atoms with van der Waals surface area (Å²) >= 11 is 5.80. The molecule has 2 atom stereocenters. The van der Waals surface area contributed by atoms with Crippen LogP contribution in [0.3, 0.4) is 0 Å². The lowest BCUT2D eigenvalue weighted by Gasteiger charge is -2.35. The fourth-order valence-corrected chi connectivity index (χ4v) is 4.71. The Morgan fingerprint density at radius 1 is 1.37 bits per heavy atom. The molecule has 0 spiro atoms. The molecule has 1 aromatic rings. The number of aryl methyl sites for hydroxylation is 1. The van der Waals surface area contributed by atoms with E-state index in [1.54, 1.807) is 21.1 Å². The highest BCUT2D eigenvalue weighted by atomic mass is 35.5. The molecular weight excluding hydrogens is 284 g/mol. The van der Waals surface area contributed by atoms with E-state index in [9.17, 15) is 8.42 Å². The zero-order valence-electron chi connectivity index (χ0n) is 11.6. The van der Waals surface area contributed by atoms with Crippen LogP contribution < -0.4 is 0 Å². The van der Waals surface area contributed by atoms with Crippen molar-refractivity contribution in [3.63, 3.8) is 0 Å². The number of rotatable bonds is 3. The zero-order chi connectivity index (χ0) is 14.2. The van der Waals surface area contributed by atoms with Gasteiger partial charge >= 0.3 is 0 Å². The molecule has 0 N–H and O–H groups in total. The molecule has 0 aromatic carbocycles. The topological polar surface area (TPSA) is 42.3 Å². The largest absolute Gasteiger partial charge is 0.352 e. The smallest absolute Gasteiger partial charge is 0.244 e. The van der Waals surface area contributed by atoms with Crippen molar-refractivity contribution >= 4 is 21.6 Å². The van der Waals surface area contributed by atoms with E-state index in [1.165, 1.54) is 0 Å². The predicted molar refractivity (Wildman–Crippen MR) is 76.7 cm³/mol. The minimum Gasteiger partial charge on any atom is -0.352 e. The van der Waals surface area contributed by atoms with Gasteiger partial charge in [0, 0.05) is 31.5 Å². The van der Waals surface area contributed by atoms with Crippen molar-refractivity contribution in [1.82, 2.24) is 8.87 Å². The first kappa shape index (κ1) is 14.9. The van der Waals surface area contributed by atoms with E-state index in [0.29, 0.717) is 23.2 Å². The van der Waals surface area contributed by atoms with Crippen LogP contribution in [0.5, 0.6) is 0 Å². The van der Waals surface area contributed by atoms with Gasteiger partial charge < -0.3 is 4.57 Å². The quantitative estimate of drug-likeness (QED) is 0.806. The molecule has 4 nitrogen and oxygen atoms in total. The van der Waals surface area contributed by atoms with Gasteiger partial charge in [0.1, 0.15) is 4.90 Å². The van der Waals surface area contributed by atoms with Crippen LogP contribution in [0.4, 0.5) is 0 Å². The molecule has 1 aliphatic heterocycles. The molecule has 1 saturated heterocycles. The summed E-state index contributed by atoms with van der Waals surface area (Å²) in [6, 6.07) is 1.75. The van der Waals surface area contributed by atoms with Crippen LogP contribution in [0.25, 0.3) is 0 Å². The van der Waals surface area contributed by atoms with Gasteiger partial charge in [-0.1, -0.05) is 6.92 Å². The van der Waals surface area contributed by atoms with Crippen LogP contribution in [0.2, 0.25) is 0 Å². The number of alkyl halides is 1. The number of hydrogen-bond acceptors (Lipinski definition) is 2. The van der Waals surface area contributed by atoms with E-state index < -0.39 is 10.0 Å². The minimum atomic E-state index is -3.40. The second-order valence-corrected chi connectivity index (χ2v) is 7.68. The van der Waals surface area contributed by atoms with Crippen LogP contribution in [0, 0.1) is 5.92 Å². The molecule has 19 heavy (non-hydrogen) atoms. The monoisotopic (exact) mass is 304 g/mol. The van der Waals surface area contributed by atoms with E-state index in [0.717, 1.165) is 18.5 Å². The maximum atomic E-state index is 12.7. The second-order valence-electron chi connectivity index (χ2n) is 5.52. The third-order valence-electron chi connectivity index (χ3n) is 3.89. The van der Waals surface area contributed by atoms with Crippen LogP contribution in [-0.2, 0) is 23.0 Å². The summed E-state index contributed by atoms with van der Waals surface area (Å²) in [6.07, 6.45) is 3.67. The minimum absolute atomic E-state index is 0.0702. The van der Waals surface area contributed by atoms with Crippen molar-refractivity contribution in [3.8, 4) is 0 Å². The highest BCUT2D eigenvalue weighted by Crippen LogP contribution is 2.28. The Labute approximate surface area is 120 Å². The number of sulfonamides is 1. The van der Waals surface area contributed by atoms with Gasteiger partial charge in [0.05, 0.1) is 5.88 Å². The average molecular weight is 305 g/mol. The molecule has 1 fully saturated rings. The van der Waals surface area contributed by atoms with Crippen LogP contribution in [0.15, 0.2) is 17.2 Å². The van der Waals surface area contributed by atoms with Crippen molar-refractivity contribution in [2.45, 2.75) is 43.5 Å². The van der Waals surface area contributed by atoms with Gasteiger partial charge in [0.2, 0.25) is 10.0 Å². The molecule has 0 radical (unpaired) electrons. The summed E-state index contributed by atoms with van der Waals surface area (Å²) in [5.41, 5.74) is 0.818. The number of nitrogens with zero attached hydrogens (tertiary/aromatic N) is 2. The van der Waals surface area contributed by atoms with Crippen molar-refractivity contribution in [2.75, 3.05) is 6.54 Å². The molecule has 2 unspecified atom stereocenters. The summed E-state index contributed by atoms with van der Waals surface area (Å²) in [6.45, 7) is 4.69. The summed E-state index contributed by atoms with van der Waals surface area (Å²) in [4.78, 5) is 0.353. The van der Waals surface area contributed by atoms with E-state index in [1.807, 2.05) is 14.0 Å². The number of aromatic nitrogens is 1. The molecule has 2 heterocycles. The van der Waals surface area contributed by atoms with Gasteiger partial charge in [-0.15, -0.1) is 11.6 Å². The molecular formula is C13H21ClN2O2S. The zero-order valence-corrected chi connectivity index (χ0v) is 13.2. The fourth-order valence-electron chi connectivity index (χ4n) is 2.57. The first-order valence-electron chi connectivity index (χ1n) is 6.59. The molecule has 0 aliphatic carbocycles. The molecule has 1 aromatic heterocycles.